The van der Waals surface area contributed by atoms with Crippen LogP contribution in [0.1, 0.15) is 32.8 Å². The lowest BCUT2D eigenvalue weighted by atomic mass is 10.0. The van der Waals surface area contributed by atoms with E-state index in [-0.39, 0.29) is 17.9 Å². The minimum Gasteiger partial charge on any atom is -0.349 e. The van der Waals surface area contributed by atoms with Gasteiger partial charge >= 0.3 is 0 Å². The van der Waals surface area contributed by atoms with Crippen molar-refractivity contribution in [3.05, 3.63) is 42.0 Å². The monoisotopic (exact) mass is 329 g/mol. The van der Waals surface area contributed by atoms with Crippen LogP contribution in [0.5, 0.6) is 0 Å². The highest BCUT2D eigenvalue weighted by molar-refractivity contribution is 6.03. The molecule has 0 aliphatic carbocycles. The lowest BCUT2D eigenvalue weighted by Crippen LogP contribution is -2.43. The third-order valence-electron chi connectivity index (χ3n) is 4.09. The Morgan fingerprint density at radius 2 is 2.00 bits per heavy atom. The van der Waals surface area contributed by atoms with Crippen LogP contribution >= 0.6 is 0 Å². The van der Waals surface area contributed by atoms with E-state index in [1.807, 2.05) is 18.2 Å². The molecule has 1 aliphatic rings. The van der Waals surface area contributed by atoms with Crippen molar-refractivity contribution >= 4 is 17.5 Å². The van der Waals surface area contributed by atoms with Crippen molar-refractivity contribution < 1.29 is 9.59 Å². The molecule has 5 nitrogen and oxygen atoms in total. The zero-order valence-corrected chi connectivity index (χ0v) is 14.7. The Bertz CT molecular complexity index is 623. The molecule has 24 heavy (non-hydrogen) atoms. The molecule has 2 atom stereocenters. The second-order valence-corrected chi connectivity index (χ2v) is 6.76. The lowest BCUT2D eigenvalue weighted by molar-refractivity contribution is -0.122. The number of carbonyl (C=O) groups is 2. The van der Waals surface area contributed by atoms with Crippen molar-refractivity contribution in [1.29, 1.82) is 0 Å². The molecule has 1 aliphatic heterocycles. The van der Waals surface area contributed by atoms with E-state index in [9.17, 15) is 9.59 Å². The third-order valence-corrected chi connectivity index (χ3v) is 4.09. The molecule has 1 heterocycles. The first-order valence-electron chi connectivity index (χ1n) is 8.52. The van der Waals surface area contributed by atoms with Gasteiger partial charge in [0, 0.05) is 24.4 Å². The number of hydrogen-bond donors (Lipinski definition) is 2. The summed E-state index contributed by atoms with van der Waals surface area (Å²) in [4.78, 5) is 26.1. The predicted molar refractivity (Wildman–Crippen MR) is 96.7 cm³/mol. The first kappa shape index (κ1) is 18.2. The molecule has 0 aromatic heterocycles. The molecule has 5 heteroatoms. The largest absolute Gasteiger partial charge is 0.349 e. The van der Waals surface area contributed by atoms with Crippen LogP contribution < -0.4 is 16.0 Å². The first-order valence-corrected chi connectivity index (χ1v) is 8.52. The van der Waals surface area contributed by atoms with Crippen molar-refractivity contribution in [3.63, 3.8) is 0 Å². The number of carbonyl (C=O) groups excluding carboxylic acids is 2. The van der Waals surface area contributed by atoms with E-state index in [0.29, 0.717) is 12.5 Å². The Labute approximate surface area is 143 Å². The van der Waals surface area contributed by atoms with Gasteiger partial charge in [0.2, 0.25) is 5.91 Å². The highest BCUT2D eigenvalue weighted by atomic mass is 16.2. The van der Waals surface area contributed by atoms with E-state index in [2.05, 4.69) is 25.2 Å². The van der Waals surface area contributed by atoms with Crippen molar-refractivity contribution in [2.45, 2.75) is 45.7 Å². The topological polar surface area (TPSA) is 75.4 Å². The van der Waals surface area contributed by atoms with E-state index >= 15 is 0 Å². The van der Waals surface area contributed by atoms with Crippen molar-refractivity contribution in [1.82, 2.24) is 5.32 Å². The molecule has 0 saturated heterocycles. The summed E-state index contributed by atoms with van der Waals surface area (Å²) in [7, 11) is 0. The molecule has 0 bridgehead atoms. The predicted octanol–water partition coefficient (Wildman–Crippen LogP) is 2.01. The Morgan fingerprint density at radius 3 is 2.67 bits per heavy atom. The highest BCUT2D eigenvalue weighted by Crippen LogP contribution is 2.27. The first-order chi connectivity index (χ1) is 11.4. The van der Waals surface area contributed by atoms with Crippen molar-refractivity contribution in [3.8, 4) is 0 Å². The summed E-state index contributed by atoms with van der Waals surface area (Å²) in [6.07, 6.45) is 4.99. The molecule has 2 rings (SSSR count). The number of nitrogens with one attached hydrogen (secondary N) is 1. The second-order valence-electron chi connectivity index (χ2n) is 6.76. The SMILES string of the molecule is CC(C)C[C@@H](/C=C/C(=O)N1CCc2ccccc21)NC(=O)[C@H](C)N. The van der Waals surface area contributed by atoms with Crippen molar-refractivity contribution in [2.75, 3.05) is 11.4 Å². The van der Waals surface area contributed by atoms with Crippen LogP contribution in [0.3, 0.4) is 0 Å². The van der Waals surface area contributed by atoms with Gasteiger partial charge < -0.3 is 16.0 Å². The maximum Gasteiger partial charge on any atom is 0.250 e. The van der Waals surface area contributed by atoms with Gasteiger partial charge in [-0.15, -0.1) is 0 Å². The summed E-state index contributed by atoms with van der Waals surface area (Å²) in [5.74, 6) is 0.142. The van der Waals surface area contributed by atoms with Crippen LogP contribution in [-0.2, 0) is 16.0 Å². The molecule has 0 spiro atoms. The summed E-state index contributed by atoms with van der Waals surface area (Å²) in [5, 5.41) is 2.89. The van der Waals surface area contributed by atoms with Crippen LogP contribution in [0.4, 0.5) is 5.69 Å². The number of amides is 2. The van der Waals surface area contributed by atoms with Crippen LogP contribution in [-0.4, -0.2) is 30.4 Å². The van der Waals surface area contributed by atoms with Crippen LogP contribution in [0, 0.1) is 5.92 Å². The minimum atomic E-state index is -0.561. The van der Waals surface area contributed by atoms with Gasteiger partial charge in [0.15, 0.2) is 0 Å². The van der Waals surface area contributed by atoms with Gasteiger partial charge in [-0.2, -0.15) is 0 Å². The number of fused-ring (bicyclic) bond motifs is 1. The van der Waals surface area contributed by atoms with E-state index in [1.165, 1.54) is 5.56 Å². The molecule has 0 fully saturated rings. The number of rotatable bonds is 6. The number of hydrogen-bond acceptors (Lipinski definition) is 3. The van der Waals surface area contributed by atoms with Gasteiger partial charge in [-0.3, -0.25) is 9.59 Å². The zero-order chi connectivity index (χ0) is 17.7. The third kappa shape index (κ3) is 4.68. The Morgan fingerprint density at radius 1 is 1.29 bits per heavy atom. The van der Waals surface area contributed by atoms with Gasteiger partial charge in [-0.25, -0.2) is 0 Å². The summed E-state index contributed by atoms with van der Waals surface area (Å²) in [6.45, 7) is 6.51. The summed E-state index contributed by atoms with van der Waals surface area (Å²) < 4.78 is 0. The minimum absolute atomic E-state index is 0.0521. The summed E-state index contributed by atoms with van der Waals surface area (Å²) in [5.41, 5.74) is 7.79. The molecule has 130 valence electrons. The van der Waals surface area contributed by atoms with Gasteiger partial charge in [0.05, 0.1) is 6.04 Å². The average Bonchev–Trinajstić information content (AvgIpc) is 2.95. The maximum atomic E-state index is 12.5. The highest BCUT2D eigenvalue weighted by Gasteiger charge is 2.23. The number of nitrogens with zero attached hydrogens (tertiary/aromatic N) is 1. The summed E-state index contributed by atoms with van der Waals surface area (Å²) in [6, 6.07) is 7.21. The van der Waals surface area contributed by atoms with Gasteiger partial charge in [0.25, 0.3) is 5.91 Å². The normalized spacial score (nSPS) is 16.3. The fourth-order valence-electron chi connectivity index (χ4n) is 2.86. The summed E-state index contributed by atoms with van der Waals surface area (Å²) >= 11 is 0. The molecule has 0 unspecified atom stereocenters. The van der Waals surface area contributed by atoms with Gasteiger partial charge in [-0.1, -0.05) is 38.1 Å². The molecular weight excluding hydrogens is 302 g/mol. The molecule has 3 N–H and O–H groups in total. The number of nitrogens with two attached hydrogens (primary N) is 1. The molecule has 1 aromatic rings. The molecule has 2 amide bonds. The fourth-order valence-corrected chi connectivity index (χ4v) is 2.86. The number of anilines is 1. The maximum absolute atomic E-state index is 12.5. The van der Waals surface area contributed by atoms with Crippen LogP contribution in [0.25, 0.3) is 0 Å². The fraction of sp³-hybridized carbons (Fsp3) is 0.474. The Hall–Kier alpha value is -2.14. The van der Waals surface area contributed by atoms with Crippen molar-refractivity contribution in [2.24, 2.45) is 11.7 Å². The van der Waals surface area contributed by atoms with Gasteiger partial charge in [0.1, 0.15) is 0 Å². The second kappa shape index (κ2) is 8.11. The molecule has 1 aromatic carbocycles. The lowest BCUT2D eigenvalue weighted by Gasteiger charge is -2.19. The quantitative estimate of drug-likeness (QED) is 0.784. The van der Waals surface area contributed by atoms with E-state index in [4.69, 9.17) is 5.73 Å². The van der Waals surface area contributed by atoms with E-state index in [1.54, 1.807) is 24.0 Å². The molecular formula is C19H27N3O2. The number of para-hydroxylation sites is 1. The standard InChI is InChI=1S/C19H27N3O2/c1-13(2)12-16(21-19(24)14(3)20)8-9-18(23)22-11-10-15-6-4-5-7-17(15)22/h4-9,13-14,16H,10-12,20H2,1-3H3,(H,21,24)/b9-8+/t14-,16+/m0/s1. The molecule has 0 radical (unpaired) electrons. The van der Waals surface area contributed by atoms with Gasteiger partial charge in [-0.05, 0) is 37.3 Å². The smallest absolute Gasteiger partial charge is 0.250 e. The average molecular weight is 329 g/mol. The Kier molecular flexibility index (Phi) is 6.15. The zero-order valence-electron chi connectivity index (χ0n) is 14.7. The number of benzene rings is 1. The molecule has 0 saturated carbocycles. The van der Waals surface area contributed by atoms with E-state index < -0.39 is 6.04 Å². The van der Waals surface area contributed by atoms with Crippen LogP contribution in [0.15, 0.2) is 36.4 Å². The Balaban J connectivity index is 2.05. The van der Waals surface area contributed by atoms with E-state index in [0.717, 1.165) is 18.5 Å². The van der Waals surface area contributed by atoms with Crippen LogP contribution in [0.2, 0.25) is 0 Å².